The highest BCUT2D eigenvalue weighted by Crippen LogP contribution is 2.21. The first-order valence-electron chi connectivity index (χ1n) is 5.65. The summed E-state index contributed by atoms with van der Waals surface area (Å²) in [6, 6.07) is 2.14. The lowest BCUT2D eigenvalue weighted by atomic mass is 10.2. The Morgan fingerprint density at radius 1 is 1.50 bits per heavy atom. The zero-order chi connectivity index (χ0) is 11.2. The fourth-order valence-corrected chi connectivity index (χ4v) is 2.35. The van der Waals surface area contributed by atoms with Crippen LogP contribution in [-0.2, 0) is 6.54 Å². The molecule has 0 aliphatic heterocycles. The Hall–Kier alpha value is -1.13. The summed E-state index contributed by atoms with van der Waals surface area (Å²) in [5, 5.41) is 7.60. The van der Waals surface area contributed by atoms with E-state index in [1.807, 2.05) is 12.5 Å². The van der Waals surface area contributed by atoms with Crippen LogP contribution in [0, 0.1) is 0 Å². The predicted molar refractivity (Wildman–Crippen MR) is 68.7 cm³/mol. The zero-order valence-corrected chi connectivity index (χ0v) is 10.3. The molecule has 2 rings (SSSR count). The average molecular weight is 235 g/mol. The Morgan fingerprint density at radius 2 is 2.44 bits per heavy atom. The first-order valence-corrected chi connectivity index (χ1v) is 6.59. The molecule has 0 unspecified atom stereocenters. The van der Waals surface area contributed by atoms with Crippen molar-refractivity contribution in [1.29, 1.82) is 0 Å². The van der Waals surface area contributed by atoms with E-state index < -0.39 is 0 Å². The summed E-state index contributed by atoms with van der Waals surface area (Å²) in [5.74, 6) is 0. The van der Waals surface area contributed by atoms with E-state index in [4.69, 9.17) is 0 Å². The summed E-state index contributed by atoms with van der Waals surface area (Å²) in [6.45, 7) is 5.27. The number of hydrogen-bond donors (Lipinski definition) is 1. The standard InChI is InChI=1S/C12H17N3S/c1-2-13-5-3-6-15-10-14-8-12(15)11-4-7-16-9-11/h4,7-10,13H,2-3,5-6H2,1H3. The maximum absolute atomic E-state index is 4.22. The number of rotatable bonds is 6. The Labute approximate surface area is 100 Å². The van der Waals surface area contributed by atoms with Crippen LogP contribution in [0.4, 0.5) is 0 Å². The molecule has 0 saturated heterocycles. The van der Waals surface area contributed by atoms with Gasteiger partial charge in [0.1, 0.15) is 0 Å². The molecule has 0 aromatic carbocycles. The van der Waals surface area contributed by atoms with Gasteiger partial charge in [0, 0.05) is 17.5 Å². The van der Waals surface area contributed by atoms with Gasteiger partial charge in [-0.2, -0.15) is 11.3 Å². The van der Waals surface area contributed by atoms with Crippen LogP contribution in [-0.4, -0.2) is 22.6 Å². The van der Waals surface area contributed by atoms with Crippen molar-refractivity contribution < 1.29 is 0 Å². The second-order valence-electron chi connectivity index (χ2n) is 3.69. The molecule has 0 radical (unpaired) electrons. The van der Waals surface area contributed by atoms with E-state index in [0.29, 0.717) is 0 Å². The van der Waals surface area contributed by atoms with Crippen molar-refractivity contribution in [1.82, 2.24) is 14.9 Å². The number of hydrogen-bond acceptors (Lipinski definition) is 3. The molecule has 0 fully saturated rings. The monoisotopic (exact) mass is 235 g/mol. The lowest BCUT2D eigenvalue weighted by Gasteiger charge is -2.07. The van der Waals surface area contributed by atoms with Gasteiger partial charge in [-0.15, -0.1) is 0 Å². The SMILES string of the molecule is CCNCCCn1cncc1-c1ccsc1. The van der Waals surface area contributed by atoms with Crippen LogP contribution < -0.4 is 5.32 Å². The van der Waals surface area contributed by atoms with Crippen LogP contribution in [0.5, 0.6) is 0 Å². The lowest BCUT2D eigenvalue weighted by Crippen LogP contribution is -2.15. The minimum absolute atomic E-state index is 1.03. The summed E-state index contributed by atoms with van der Waals surface area (Å²) in [6.07, 6.45) is 5.00. The maximum Gasteiger partial charge on any atom is 0.0950 e. The highest BCUT2D eigenvalue weighted by molar-refractivity contribution is 7.08. The molecule has 86 valence electrons. The Bertz CT molecular complexity index is 406. The van der Waals surface area contributed by atoms with E-state index >= 15 is 0 Å². The van der Waals surface area contributed by atoms with E-state index in [1.165, 1.54) is 11.3 Å². The highest BCUT2D eigenvalue weighted by atomic mass is 32.1. The maximum atomic E-state index is 4.22. The molecule has 16 heavy (non-hydrogen) atoms. The summed E-state index contributed by atoms with van der Waals surface area (Å²) in [5.41, 5.74) is 2.49. The Kier molecular flexibility index (Phi) is 4.13. The zero-order valence-electron chi connectivity index (χ0n) is 9.52. The number of nitrogens with one attached hydrogen (secondary N) is 1. The van der Waals surface area contributed by atoms with Gasteiger partial charge in [0.25, 0.3) is 0 Å². The third-order valence-electron chi connectivity index (χ3n) is 2.53. The molecule has 2 aromatic heterocycles. The van der Waals surface area contributed by atoms with Crippen LogP contribution in [0.15, 0.2) is 29.4 Å². The molecular formula is C12H17N3S. The molecule has 0 aliphatic rings. The second kappa shape index (κ2) is 5.82. The van der Waals surface area contributed by atoms with Gasteiger partial charge < -0.3 is 9.88 Å². The fraction of sp³-hybridized carbons (Fsp3) is 0.417. The van der Waals surface area contributed by atoms with Gasteiger partial charge in [-0.3, -0.25) is 0 Å². The molecule has 3 nitrogen and oxygen atoms in total. The van der Waals surface area contributed by atoms with Crippen molar-refractivity contribution in [3.63, 3.8) is 0 Å². The van der Waals surface area contributed by atoms with E-state index in [9.17, 15) is 0 Å². The second-order valence-corrected chi connectivity index (χ2v) is 4.47. The summed E-state index contributed by atoms with van der Waals surface area (Å²) in [4.78, 5) is 4.22. The van der Waals surface area contributed by atoms with Gasteiger partial charge in [0.05, 0.1) is 18.2 Å². The van der Waals surface area contributed by atoms with Gasteiger partial charge in [-0.05, 0) is 31.0 Å². The fourth-order valence-electron chi connectivity index (χ4n) is 1.70. The summed E-state index contributed by atoms with van der Waals surface area (Å²) < 4.78 is 2.22. The van der Waals surface area contributed by atoms with Gasteiger partial charge in [-0.25, -0.2) is 4.98 Å². The minimum Gasteiger partial charge on any atom is -0.331 e. The summed E-state index contributed by atoms with van der Waals surface area (Å²) >= 11 is 1.73. The molecule has 0 amide bonds. The van der Waals surface area contributed by atoms with Gasteiger partial charge in [0.2, 0.25) is 0 Å². The highest BCUT2D eigenvalue weighted by Gasteiger charge is 2.04. The van der Waals surface area contributed by atoms with Gasteiger partial charge in [-0.1, -0.05) is 6.92 Å². The molecule has 0 bridgehead atoms. The average Bonchev–Trinajstić information content (AvgIpc) is 2.94. The van der Waals surface area contributed by atoms with Crippen molar-refractivity contribution in [3.8, 4) is 11.3 Å². The molecule has 0 spiro atoms. The number of aryl methyl sites for hydroxylation is 1. The van der Waals surface area contributed by atoms with Gasteiger partial charge in [0.15, 0.2) is 0 Å². The molecule has 0 atom stereocenters. The molecule has 0 saturated carbocycles. The van der Waals surface area contributed by atoms with Crippen molar-refractivity contribution in [2.24, 2.45) is 0 Å². The normalized spacial score (nSPS) is 10.8. The Morgan fingerprint density at radius 3 is 3.19 bits per heavy atom. The van der Waals surface area contributed by atoms with Crippen LogP contribution in [0.3, 0.4) is 0 Å². The number of aromatic nitrogens is 2. The van der Waals surface area contributed by atoms with Crippen LogP contribution in [0.2, 0.25) is 0 Å². The van der Waals surface area contributed by atoms with Crippen LogP contribution in [0.25, 0.3) is 11.3 Å². The van der Waals surface area contributed by atoms with E-state index in [2.05, 4.69) is 38.6 Å². The number of nitrogens with zero attached hydrogens (tertiary/aromatic N) is 2. The molecule has 0 aliphatic carbocycles. The molecular weight excluding hydrogens is 218 g/mol. The van der Waals surface area contributed by atoms with Crippen molar-refractivity contribution >= 4 is 11.3 Å². The summed E-state index contributed by atoms with van der Waals surface area (Å²) in [7, 11) is 0. The third kappa shape index (κ3) is 2.71. The molecule has 1 N–H and O–H groups in total. The van der Waals surface area contributed by atoms with Crippen LogP contribution >= 0.6 is 11.3 Å². The topological polar surface area (TPSA) is 29.9 Å². The van der Waals surface area contributed by atoms with E-state index in [0.717, 1.165) is 26.1 Å². The molecule has 2 aromatic rings. The quantitative estimate of drug-likeness (QED) is 0.780. The van der Waals surface area contributed by atoms with Crippen molar-refractivity contribution in [2.45, 2.75) is 19.9 Å². The minimum atomic E-state index is 1.03. The van der Waals surface area contributed by atoms with Crippen LogP contribution in [0.1, 0.15) is 13.3 Å². The van der Waals surface area contributed by atoms with Crippen molar-refractivity contribution in [3.05, 3.63) is 29.4 Å². The largest absolute Gasteiger partial charge is 0.331 e. The number of thiophene rings is 1. The van der Waals surface area contributed by atoms with E-state index in [1.54, 1.807) is 11.3 Å². The predicted octanol–water partition coefficient (Wildman–Crippen LogP) is 2.61. The Balaban J connectivity index is 1.97. The number of imidazole rings is 1. The van der Waals surface area contributed by atoms with Crippen molar-refractivity contribution in [2.75, 3.05) is 13.1 Å². The first kappa shape index (κ1) is 11.4. The molecule has 4 heteroatoms. The lowest BCUT2D eigenvalue weighted by molar-refractivity contribution is 0.595. The first-order chi connectivity index (χ1) is 7.92. The third-order valence-corrected chi connectivity index (χ3v) is 3.22. The van der Waals surface area contributed by atoms with Gasteiger partial charge >= 0.3 is 0 Å². The molecule has 2 heterocycles. The van der Waals surface area contributed by atoms with E-state index in [-0.39, 0.29) is 0 Å². The smallest absolute Gasteiger partial charge is 0.0950 e.